The highest BCUT2D eigenvalue weighted by Crippen LogP contribution is 2.30. The SMILES string of the molecule is O=C(CCC(=O)N1CCC(c2nc3ccccc3o2)CC1)N1CCOCC1. The molecule has 2 aliphatic heterocycles. The van der Waals surface area contributed by atoms with E-state index >= 15 is 0 Å². The third kappa shape index (κ3) is 4.13. The van der Waals surface area contributed by atoms with Crippen LogP contribution in [0, 0.1) is 0 Å². The average Bonchev–Trinajstić information content (AvgIpc) is 3.17. The summed E-state index contributed by atoms with van der Waals surface area (Å²) in [4.78, 5) is 32.9. The number of amides is 2. The standard InChI is InChI=1S/C20H25N3O4/c24-18(5-6-19(25)23-11-13-26-14-12-23)22-9-7-15(8-10-22)20-21-16-3-1-2-4-17(16)27-20/h1-4,15H,5-14H2. The molecular formula is C20H25N3O4. The summed E-state index contributed by atoms with van der Waals surface area (Å²) in [7, 11) is 0. The van der Waals surface area contributed by atoms with Crippen LogP contribution < -0.4 is 0 Å². The van der Waals surface area contributed by atoms with E-state index in [4.69, 9.17) is 9.15 Å². The van der Waals surface area contributed by atoms with Gasteiger partial charge in [0, 0.05) is 44.9 Å². The number of hydrogen-bond acceptors (Lipinski definition) is 5. The van der Waals surface area contributed by atoms with Gasteiger partial charge in [-0.3, -0.25) is 9.59 Å². The van der Waals surface area contributed by atoms with Gasteiger partial charge < -0.3 is 19.0 Å². The zero-order valence-corrected chi connectivity index (χ0v) is 15.4. The fourth-order valence-corrected chi connectivity index (χ4v) is 3.78. The maximum atomic E-state index is 12.5. The van der Waals surface area contributed by atoms with E-state index in [0.29, 0.717) is 39.4 Å². The number of benzene rings is 1. The summed E-state index contributed by atoms with van der Waals surface area (Å²) in [5.74, 6) is 1.13. The summed E-state index contributed by atoms with van der Waals surface area (Å²) in [5, 5.41) is 0. The molecule has 0 N–H and O–H groups in total. The number of nitrogens with zero attached hydrogens (tertiary/aromatic N) is 3. The third-order valence-corrected chi connectivity index (χ3v) is 5.42. The van der Waals surface area contributed by atoms with E-state index < -0.39 is 0 Å². The second-order valence-corrected chi connectivity index (χ2v) is 7.17. The highest BCUT2D eigenvalue weighted by atomic mass is 16.5. The number of likely N-dealkylation sites (tertiary alicyclic amines) is 1. The Morgan fingerprint density at radius 2 is 1.59 bits per heavy atom. The molecule has 2 fully saturated rings. The number of carbonyl (C=O) groups is 2. The van der Waals surface area contributed by atoms with Gasteiger partial charge in [-0.2, -0.15) is 0 Å². The monoisotopic (exact) mass is 371 g/mol. The molecule has 2 saturated heterocycles. The average molecular weight is 371 g/mol. The number of fused-ring (bicyclic) bond motifs is 1. The van der Waals surface area contributed by atoms with Crippen molar-refractivity contribution in [1.82, 2.24) is 14.8 Å². The van der Waals surface area contributed by atoms with Crippen molar-refractivity contribution in [1.29, 1.82) is 0 Å². The molecule has 0 unspecified atom stereocenters. The number of hydrogen-bond donors (Lipinski definition) is 0. The van der Waals surface area contributed by atoms with Crippen molar-refractivity contribution in [2.75, 3.05) is 39.4 Å². The molecule has 0 atom stereocenters. The molecule has 2 amide bonds. The van der Waals surface area contributed by atoms with E-state index in [1.165, 1.54) is 0 Å². The minimum absolute atomic E-state index is 0.0491. The predicted molar refractivity (Wildman–Crippen MR) is 99.2 cm³/mol. The molecule has 1 aromatic heterocycles. The van der Waals surface area contributed by atoms with Crippen LogP contribution >= 0.6 is 0 Å². The van der Waals surface area contributed by atoms with Crippen LogP contribution in [-0.2, 0) is 14.3 Å². The summed E-state index contributed by atoms with van der Waals surface area (Å²) < 4.78 is 11.1. The van der Waals surface area contributed by atoms with Crippen molar-refractivity contribution in [3.63, 3.8) is 0 Å². The van der Waals surface area contributed by atoms with E-state index in [9.17, 15) is 9.59 Å². The Morgan fingerprint density at radius 3 is 2.26 bits per heavy atom. The number of para-hydroxylation sites is 2. The van der Waals surface area contributed by atoms with Gasteiger partial charge in [0.25, 0.3) is 0 Å². The second-order valence-electron chi connectivity index (χ2n) is 7.17. The number of carbonyl (C=O) groups excluding carboxylic acids is 2. The Labute approximate surface area is 158 Å². The van der Waals surface area contributed by atoms with Crippen LogP contribution in [0.4, 0.5) is 0 Å². The number of oxazole rings is 1. The Morgan fingerprint density at radius 1 is 0.963 bits per heavy atom. The first-order valence-electron chi connectivity index (χ1n) is 9.69. The lowest BCUT2D eigenvalue weighted by atomic mass is 9.96. The minimum atomic E-state index is 0.0491. The largest absolute Gasteiger partial charge is 0.440 e. The molecule has 2 aliphatic rings. The van der Waals surface area contributed by atoms with Crippen LogP contribution in [0.25, 0.3) is 11.1 Å². The number of ether oxygens (including phenoxy) is 1. The summed E-state index contributed by atoms with van der Waals surface area (Å²) in [6.45, 7) is 3.81. The van der Waals surface area contributed by atoms with Crippen LogP contribution in [0.15, 0.2) is 28.7 Å². The predicted octanol–water partition coefficient (Wildman–Crippen LogP) is 2.17. The van der Waals surface area contributed by atoms with Gasteiger partial charge >= 0.3 is 0 Å². The maximum Gasteiger partial charge on any atom is 0.223 e. The van der Waals surface area contributed by atoms with Crippen LogP contribution in [0.5, 0.6) is 0 Å². The van der Waals surface area contributed by atoms with Crippen LogP contribution in [-0.4, -0.2) is 66.0 Å². The molecule has 144 valence electrons. The lowest BCUT2D eigenvalue weighted by molar-refractivity contribution is -0.139. The van der Waals surface area contributed by atoms with E-state index in [1.54, 1.807) is 4.90 Å². The zero-order chi connectivity index (χ0) is 18.6. The summed E-state index contributed by atoms with van der Waals surface area (Å²) in [6, 6.07) is 7.77. The van der Waals surface area contributed by atoms with Gasteiger partial charge in [-0.25, -0.2) is 4.98 Å². The van der Waals surface area contributed by atoms with Crippen molar-refractivity contribution in [2.45, 2.75) is 31.6 Å². The first-order chi connectivity index (χ1) is 13.2. The van der Waals surface area contributed by atoms with E-state index in [1.807, 2.05) is 29.2 Å². The van der Waals surface area contributed by atoms with Crippen LogP contribution in [0.3, 0.4) is 0 Å². The highest BCUT2D eigenvalue weighted by Gasteiger charge is 2.27. The van der Waals surface area contributed by atoms with Gasteiger partial charge in [0.05, 0.1) is 13.2 Å². The summed E-state index contributed by atoms with van der Waals surface area (Å²) in [6.07, 6.45) is 2.25. The van der Waals surface area contributed by atoms with Crippen molar-refractivity contribution >= 4 is 22.9 Å². The first kappa shape index (κ1) is 18.0. The van der Waals surface area contributed by atoms with Gasteiger partial charge in [-0.15, -0.1) is 0 Å². The molecule has 0 radical (unpaired) electrons. The second kappa shape index (κ2) is 8.08. The van der Waals surface area contributed by atoms with Gasteiger partial charge in [0.2, 0.25) is 11.8 Å². The fraction of sp³-hybridized carbons (Fsp3) is 0.550. The van der Waals surface area contributed by atoms with E-state index in [-0.39, 0.29) is 30.6 Å². The first-order valence-corrected chi connectivity index (χ1v) is 9.69. The number of rotatable bonds is 4. The van der Waals surface area contributed by atoms with Gasteiger partial charge in [-0.05, 0) is 25.0 Å². The Balaban J connectivity index is 1.25. The Hall–Kier alpha value is -2.41. The van der Waals surface area contributed by atoms with Crippen molar-refractivity contribution in [2.24, 2.45) is 0 Å². The minimum Gasteiger partial charge on any atom is -0.440 e. The molecule has 7 nitrogen and oxygen atoms in total. The summed E-state index contributed by atoms with van der Waals surface area (Å²) >= 11 is 0. The number of aromatic nitrogens is 1. The Kier molecular flexibility index (Phi) is 5.38. The van der Waals surface area contributed by atoms with Gasteiger partial charge in [0.15, 0.2) is 11.5 Å². The van der Waals surface area contributed by atoms with Gasteiger partial charge in [0.1, 0.15) is 5.52 Å². The molecule has 2 aromatic rings. The van der Waals surface area contributed by atoms with Crippen molar-refractivity contribution in [3.8, 4) is 0 Å². The Bertz CT molecular complexity index is 771. The van der Waals surface area contributed by atoms with E-state index in [0.717, 1.165) is 29.8 Å². The number of piperidine rings is 1. The lowest BCUT2D eigenvalue weighted by Gasteiger charge is -2.31. The maximum absolute atomic E-state index is 12.5. The highest BCUT2D eigenvalue weighted by molar-refractivity contribution is 5.84. The van der Waals surface area contributed by atoms with Crippen molar-refractivity contribution < 1.29 is 18.7 Å². The number of morpholine rings is 1. The van der Waals surface area contributed by atoms with Gasteiger partial charge in [-0.1, -0.05) is 12.1 Å². The fourth-order valence-electron chi connectivity index (χ4n) is 3.78. The molecule has 0 saturated carbocycles. The lowest BCUT2D eigenvalue weighted by Crippen LogP contribution is -2.42. The summed E-state index contributed by atoms with van der Waals surface area (Å²) in [5.41, 5.74) is 1.69. The normalized spacial score (nSPS) is 18.8. The molecule has 1 aromatic carbocycles. The van der Waals surface area contributed by atoms with Crippen LogP contribution in [0.2, 0.25) is 0 Å². The van der Waals surface area contributed by atoms with Crippen molar-refractivity contribution in [3.05, 3.63) is 30.2 Å². The van der Waals surface area contributed by atoms with Crippen LogP contribution in [0.1, 0.15) is 37.5 Å². The quantitative estimate of drug-likeness (QED) is 0.823. The molecule has 7 heteroatoms. The third-order valence-electron chi connectivity index (χ3n) is 5.42. The molecular weight excluding hydrogens is 346 g/mol. The molecule has 27 heavy (non-hydrogen) atoms. The molecule has 0 aliphatic carbocycles. The zero-order valence-electron chi connectivity index (χ0n) is 15.4. The smallest absolute Gasteiger partial charge is 0.223 e. The molecule has 0 bridgehead atoms. The topological polar surface area (TPSA) is 75.9 Å². The molecule has 4 rings (SSSR count). The molecule has 0 spiro atoms. The molecule has 3 heterocycles. The van der Waals surface area contributed by atoms with E-state index in [2.05, 4.69) is 4.98 Å².